The molecule has 2 aromatic carbocycles. The number of hydrogen-bond donors (Lipinski definition) is 3. The van der Waals surface area contributed by atoms with Gasteiger partial charge in [-0.25, -0.2) is 9.97 Å². The van der Waals surface area contributed by atoms with Crippen molar-refractivity contribution in [2.75, 3.05) is 75.3 Å². The molecule has 208 valence electrons. The Morgan fingerprint density at radius 2 is 2.05 bits per heavy atom. The van der Waals surface area contributed by atoms with Gasteiger partial charge in [-0.05, 0) is 44.1 Å². The summed E-state index contributed by atoms with van der Waals surface area (Å²) in [6, 6.07) is 10.6. The molecular formula is C30H37N9O. The van der Waals surface area contributed by atoms with E-state index in [2.05, 4.69) is 62.5 Å². The normalized spacial score (nSPS) is 15.8. The van der Waals surface area contributed by atoms with E-state index in [1.165, 1.54) is 23.2 Å². The van der Waals surface area contributed by atoms with E-state index < -0.39 is 0 Å². The molecule has 6 rings (SSSR count). The van der Waals surface area contributed by atoms with Crippen molar-refractivity contribution >= 4 is 28.7 Å². The van der Waals surface area contributed by atoms with Crippen molar-refractivity contribution in [1.29, 1.82) is 0 Å². The fraction of sp³-hybridized carbons (Fsp3) is 0.367. The summed E-state index contributed by atoms with van der Waals surface area (Å²) in [7, 11) is 7.82. The summed E-state index contributed by atoms with van der Waals surface area (Å²) in [6.07, 6.45) is 7.91. The van der Waals surface area contributed by atoms with Crippen LogP contribution in [0.15, 0.2) is 48.9 Å². The molecule has 4 aromatic rings. The van der Waals surface area contributed by atoms with E-state index in [9.17, 15) is 0 Å². The van der Waals surface area contributed by atoms with Crippen molar-refractivity contribution in [1.82, 2.24) is 25.1 Å². The van der Waals surface area contributed by atoms with Gasteiger partial charge in [0.1, 0.15) is 5.75 Å². The lowest BCUT2D eigenvalue weighted by Crippen LogP contribution is -2.29. The van der Waals surface area contributed by atoms with Crippen molar-refractivity contribution in [3.63, 3.8) is 0 Å². The van der Waals surface area contributed by atoms with Gasteiger partial charge in [0, 0.05) is 74.4 Å². The lowest BCUT2D eigenvalue weighted by molar-refractivity contribution is 0.413. The molecule has 0 saturated heterocycles. The van der Waals surface area contributed by atoms with E-state index in [0.29, 0.717) is 17.4 Å². The SMILES string of the molecule is COc1cc(N(C)CCN(C)C)c(N)cc1Nc1ncc(-c2cn[nH]c2)c(C2CN3CCCc4cccc2c43)n1. The number of H-pyrrole nitrogens is 1. The number of likely N-dealkylation sites (N-methyl/N-ethyl adjacent to an activating group) is 2. The van der Waals surface area contributed by atoms with Crippen molar-refractivity contribution in [2.45, 2.75) is 18.8 Å². The number of nitrogens with zero attached hydrogens (tertiary/aromatic N) is 6. The summed E-state index contributed by atoms with van der Waals surface area (Å²) in [5.41, 5.74) is 15.9. The Kier molecular flexibility index (Phi) is 6.93. The summed E-state index contributed by atoms with van der Waals surface area (Å²) < 4.78 is 5.77. The number of anilines is 5. The van der Waals surface area contributed by atoms with Crippen LogP contribution in [-0.2, 0) is 6.42 Å². The van der Waals surface area contributed by atoms with Gasteiger partial charge >= 0.3 is 0 Å². The van der Waals surface area contributed by atoms with E-state index in [0.717, 1.165) is 60.8 Å². The summed E-state index contributed by atoms with van der Waals surface area (Å²) >= 11 is 0. The molecular weight excluding hydrogens is 502 g/mol. The molecule has 0 saturated carbocycles. The number of aryl methyl sites for hydroxylation is 1. The number of rotatable bonds is 9. The molecule has 4 heterocycles. The van der Waals surface area contributed by atoms with Gasteiger partial charge in [-0.1, -0.05) is 18.2 Å². The highest BCUT2D eigenvalue weighted by atomic mass is 16.5. The Hall–Kier alpha value is -4.31. The molecule has 0 amide bonds. The zero-order valence-corrected chi connectivity index (χ0v) is 23.6. The fourth-order valence-corrected chi connectivity index (χ4v) is 5.90. The number of aromatic amines is 1. The molecule has 10 nitrogen and oxygen atoms in total. The third-order valence-electron chi connectivity index (χ3n) is 7.97. The van der Waals surface area contributed by atoms with Crippen LogP contribution in [0.1, 0.15) is 29.2 Å². The lowest BCUT2D eigenvalue weighted by atomic mass is 9.91. The monoisotopic (exact) mass is 539 g/mol. The highest BCUT2D eigenvalue weighted by Crippen LogP contribution is 2.46. The van der Waals surface area contributed by atoms with Crippen molar-refractivity contribution in [2.24, 2.45) is 0 Å². The number of nitrogens with two attached hydrogens (primary N) is 1. The second kappa shape index (κ2) is 10.7. The maximum Gasteiger partial charge on any atom is 0.227 e. The molecule has 0 aliphatic carbocycles. The molecule has 10 heteroatoms. The number of hydrogen-bond acceptors (Lipinski definition) is 9. The van der Waals surface area contributed by atoms with E-state index in [1.807, 2.05) is 37.8 Å². The topological polar surface area (TPSA) is 111 Å². The number of para-hydroxylation sites is 1. The van der Waals surface area contributed by atoms with Crippen LogP contribution in [0.5, 0.6) is 5.75 Å². The predicted molar refractivity (Wildman–Crippen MR) is 161 cm³/mol. The van der Waals surface area contributed by atoms with Gasteiger partial charge in [0.15, 0.2) is 0 Å². The molecule has 4 N–H and O–H groups in total. The van der Waals surface area contributed by atoms with Crippen LogP contribution in [0.3, 0.4) is 0 Å². The number of ether oxygens (including phenoxy) is 1. The first-order chi connectivity index (χ1) is 19.4. The van der Waals surface area contributed by atoms with Crippen LogP contribution < -0.4 is 25.6 Å². The Morgan fingerprint density at radius 3 is 2.83 bits per heavy atom. The minimum atomic E-state index is 0.126. The summed E-state index contributed by atoms with van der Waals surface area (Å²) in [4.78, 5) is 16.6. The molecule has 2 aromatic heterocycles. The fourth-order valence-electron chi connectivity index (χ4n) is 5.90. The molecule has 1 unspecified atom stereocenters. The van der Waals surface area contributed by atoms with E-state index >= 15 is 0 Å². The number of methoxy groups -OCH3 is 1. The minimum absolute atomic E-state index is 0.126. The van der Waals surface area contributed by atoms with Gasteiger partial charge < -0.3 is 30.5 Å². The first-order valence-corrected chi connectivity index (χ1v) is 13.8. The van der Waals surface area contributed by atoms with Gasteiger partial charge in [-0.2, -0.15) is 5.10 Å². The van der Waals surface area contributed by atoms with Crippen LogP contribution in [0.25, 0.3) is 11.1 Å². The number of nitrogens with one attached hydrogen (secondary N) is 2. The predicted octanol–water partition coefficient (Wildman–Crippen LogP) is 4.10. The van der Waals surface area contributed by atoms with Crippen molar-refractivity contribution in [3.8, 4) is 16.9 Å². The van der Waals surface area contributed by atoms with E-state index in [1.54, 1.807) is 7.11 Å². The quantitative estimate of drug-likeness (QED) is 0.271. The molecule has 0 spiro atoms. The Balaban J connectivity index is 1.36. The largest absolute Gasteiger partial charge is 0.494 e. The minimum Gasteiger partial charge on any atom is -0.494 e. The highest BCUT2D eigenvalue weighted by Gasteiger charge is 2.35. The van der Waals surface area contributed by atoms with Crippen molar-refractivity contribution in [3.05, 3.63) is 65.7 Å². The molecule has 1 atom stereocenters. The van der Waals surface area contributed by atoms with Gasteiger partial charge in [0.05, 0.1) is 36.1 Å². The molecule has 0 fully saturated rings. The summed E-state index contributed by atoms with van der Waals surface area (Å²) in [5, 5.41) is 10.5. The molecule has 2 aliphatic rings. The van der Waals surface area contributed by atoms with Gasteiger partial charge in [-0.15, -0.1) is 0 Å². The second-order valence-corrected chi connectivity index (χ2v) is 10.9. The average Bonchev–Trinajstić information content (AvgIpc) is 3.62. The molecule has 0 radical (unpaired) electrons. The standard InChI is InChI=1S/C30H37N9O/c1-37(2)11-12-38(3)26-14-27(40-4)25(13-24(26)31)35-30-32-17-22(20-15-33-34-16-20)28(36-30)23-18-39-10-6-8-19-7-5-9-21(23)29(19)39/h5,7,9,13-17,23H,6,8,10-12,18,31H2,1-4H3,(H,33,34)(H,32,35,36). The Bertz CT molecular complexity index is 1500. The van der Waals surface area contributed by atoms with E-state index in [4.69, 9.17) is 20.4 Å². The maximum absolute atomic E-state index is 6.52. The van der Waals surface area contributed by atoms with Gasteiger partial charge in [-0.3, -0.25) is 5.10 Å². The summed E-state index contributed by atoms with van der Waals surface area (Å²) in [6.45, 7) is 3.74. The zero-order valence-electron chi connectivity index (χ0n) is 23.6. The van der Waals surface area contributed by atoms with Crippen LogP contribution >= 0.6 is 0 Å². The average molecular weight is 540 g/mol. The van der Waals surface area contributed by atoms with Gasteiger partial charge in [0.2, 0.25) is 5.95 Å². The zero-order chi connectivity index (χ0) is 27.8. The maximum atomic E-state index is 6.52. The van der Waals surface area contributed by atoms with Crippen LogP contribution in [-0.4, -0.2) is 79.5 Å². The van der Waals surface area contributed by atoms with Gasteiger partial charge in [0.25, 0.3) is 0 Å². The van der Waals surface area contributed by atoms with Crippen LogP contribution in [0, 0.1) is 0 Å². The third kappa shape index (κ3) is 4.79. The molecule has 40 heavy (non-hydrogen) atoms. The number of benzene rings is 2. The lowest BCUT2D eigenvalue weighted by Gasteiger charge is -2.27. The molecule has 2 aliphatic heterocycles. The third-order valence-corrected chi connectivity index (χ3v) is 7.97. The number of aromatic nitrogens is 4. The highest BCUT2D eigenvalue weighted by molar-refractivity contribution is 5.79. The Morgan fingerprint density at radius 1 is 1.18 bits per heavy atom. The second-order valence-electron chi connectivity index (χ2n) is 10.9. The first-order valence-electron chi connectivity index (χ1n) is 13.8. The molecule has 0 bridgehead atoms. The summed E-state index contributed by atoms with van der Waals surface area (Å²) in [5.74, 6) is 1.30. The van der Waals surface area contributed by atoms with Crippen LogP contribution in [0.2, 0.25) is 0 Å². The first kappa shape index (κ1) is 25.9. The van der Waals surface area contributed by atoms with Crippen molar-refractivity contribution < 1.29 is 4.74 Å². The van der Waals surface area contributed by atoms with E-state index in [-0.39, 0.29) is 5.92 Å². The number of nitrogen functional groups attached to an aromatic ring is 1. The Labute approximate surface area is 235 Å². The van der Waals surface area contributed by atoms with Crippen LogP contribution in [0.4, 0.5) is 28.7 Å². The smallest absolute Gasteiger partial charge is 0.227 e.